The Bertz CT molecular complexity index is 651. The molecule has 0 saturated carbocycles. The molecule has 1 aromatic carbocycles. The summed E-state index contributed by atoms with van der Waals surface area (Å²) >= 11 is 0. The number of morpholine rings is 1. The van der Waals surface area contributed by atoms with Crippen LogP contribution in [0.15, 0.2) is 24.3 Å². The molecule has 0 atom stereocenters. The molecule has 160 valence electrons. The molecule has 2 aliphatic rings. The van der Waals surface area contributed by atoms with Gasteiger partial charge in [-0.05, 0) is 49.3 Å². The molecule has 0 aromatic heterocycles. The van der Waals surface area contributed by atoms with E-state index in [1.807, 2.05) is 21.9 Å². The molecule has 2 heterocycles. The maximum atomic E-state index is 12.5. The summed E-state index contributed by atoms with van der Waals surface area (Å²) in [5.74, 6) is 0.665. The molecule has 0 bridgehead atoms. The number of nitrogens with one attached hydrogen (secondary N) is 1. The first-order chi connectivity index (χ1) is 14.2. The second-order valence-corrected chi connectivity index (χ2v) is 7.81. The lowest BCUT2D eigenvalue weighted by Gasteiger charge is -2.32. The third kappa shape index (κ3) is 6.44. The number of ether oxygens (including phenoxy) is 2. The predicted molar refractivity (Wildman–Crippen MR) is 111 cm³/mol. The number of hydrogen-bond donors (Lipinski definition) is 1. The van der Waals surface area contributed by atoms with E-state index in [0.29, 0.717) is 45.4 Å². The lowest BCUT2D eigenvalue weighted by Crippen LogP contribution is -2.45. The van der Waals surface area contributed by atoms with Gasteiger partial charge in [0.2, 0.25) is 0 Å². The number of likely N-dealkylation sites (tertiary alicyclic amines) is 1. The molecule has 7 nitrogen and oxygen atoms in total. The lowest BCUT2D eigenvalue weighted by molar-refractivity contribution is 0.0303. The van der Waals surface area contributed by atoms with Gasteiger partial charge in [-0.2, -0.15) is 0 Å². The zero-order valence-electron chi connectivity index (χ0n) is 17.4. The van der Waals surface area contributed by atoms with E-state index in [9.17, 15) is 9.59 Å². The van der Waals surface area contributed by atoms with Crippen LogP contribution in [0.2, 0.25) is 0 Å². The van der Waals surface area contributed by atoms with Gasteiger partial charge in [-0.15, -0.1) is 0 Å². The number of nitrogens with zero attached hydrogens (tertiary/aromatic N) is 2. The van der Waals surface area contributed by atoms with E-state index in [0.717, 1.165) is 44.3 Å². The molecule has 2 saturated heterocycles. The van der Waals surface area contributed by atoms with Crippen LogP contribution in [0.5, 0.6) is 0 Å². The number of amides is 3. The van der Waals surface area contributed by atoms with Crippen molar-refractivity contribution in [3.8, 4) is 0 Å². The van der Waals surface area contributed by atoms with Gasteiger partial charge >= 0.3 is 6.03 Å². The quantitative estimate of drug-likeness (QED) is 0.709. The van der Waals surface area contributed by atoms with Gasteiger partial charge in [0.25, 0.3) is 5.91 Å². The van der Waals surface area contributed by atoms with Gasteiger partial charge in [0.1, 0.15) is 0 Å². The minimum Gasteiger partial charge on any atom is -0.385 e. The number of carbonyl (C=O) groups excluding carboxylic acids is 2. The summed E-state index contributed by atoms with van der Waals surface area (Å²) in [5, 5.41) is 2.96. The molecule has 1 aromatic rings. The van der Waals surface area contributed by atoms with Crippen LogP contribution in [0, 0.1) is 5.92 Å². The van der Waals surface area contributed by atoms with Crippen molar-refractivity contribution in [3.05, 3.63) is 35.4 Å². The molecular weight excluding hydrogens is 370 g/mol. The van der Waals surface area contributed by atoms with Crippen molar-refractivity contribution in [2.24, 2.45) is 5.92 Å². The molecule has 0 radical (unpaired) electrons. The normalized spacial score (nSPS) is 18.0. The van der Waals surface area contributed by atoms with Crippen molar-refractivity contribution in [3.63, 3.8) is 0 Å². The van der Waals surface area contributed by atoms with Crippen LogP contribution >= 0.6 is 0 Å². The van der Waals surface area contributed by atoms with Crippen molar-refractivity contribution in [1.29, 1.82) is 0 Å². The van der Waals surface area contributed by atoms with Gasteiger partial charge in [0, 0.05) is 52.0 Å². The summed E-state index contributed by atoms with van der Waals surface area (Å²) < 4.78 is 10.3. The van der Waals surface area contributed by atoms with Crippen molar-refractivity contribution in [2.75, 3.05) is 59.7 Å². The number of hydrogen-bond acceptors (Lipinski definition) is 4. The molecule has 29 heavy (non-hydrogen) atoms. The predicted octanol–water partition coefficient (Wildman–Crippen LogP) is 2.16. The zero-order chi connectivity index (χ0) is 20.5. The summed E-state index contributed by atoms with van der Waals surface area (Å²) in [7, 11) is 1.67. The Hall–Kier alpha value is -2.12. The highest BCUT2D eigenvalue weighted by Crippen LogP contribution is 2.22. The minimum atomic E-state index is 0.0329. The second kappa shape index (κ2) is 11.2. The molecule has 3 amide bonds. The fraction of sp³-hybridized carbons (Fsp3) is 0.636. The van der Waals surface area contributed by atoms with Crippen LogP contribution in [-0.2, 0) is 15.9 Å². The Morgan fingerprint density at radius 3 is 2.41 bits per heavy atom. The van der Waals surface area contributed by atoms with E-state index in [4.69, 9.17) is 9.47 Å². The Kier molecular flexibility index (Phi) is 8.31. The molecular formula is C22H33N3O4. The van der Waals surface area contributed by atoms with Crippen molar-refractivity contribution in [1.82, 2.24) is 15.1 Å². The van der Waals surface area contributed by atoms with E-state index in [1.54, 1.807) is 7.11 Å². The van der Waals surface area contributed by atoms with Crippen LogP contribution in [-0.4, -0.2) is 81.4 Å². The third-order valence-corrected chi connectivity index (χ3v) is 5.73. The fourth-order valence-corrected chi connectivity index (χ4v) is 3.93. The fourth-order valence-electron chi connectivity index (χ4n) is 3.93. The van der Waals surface area contributed by atoms with Crippen LogP contribution in [0.25, 0.3) is 0 Å². The van der Waals surface area contributed by atoms with Crippen LogP contribution < -0.4 is 5.32 Å². The lowest BCUT2D eigenvalue weighted by atomic mass is 9.90. The van der Waals surface area contributed by atoms with Gasteiger partial charge in [0.15, 0.2) is 0 Å². The molecule has 0 spiro atoms. The van der Waals surface area contributed by atoms with E-state index in [2.05, 4.69) is 17.4 Å². The van der Waals surface area contributed by atoms with Crippen molar-refractivity contribution >= 4 is 11.9 Å². The summed E-state index contributed by atoms with van der Waals surface area (Å²) in [6, 6.07) is 8.06. The highest BCUT2D eigenvalue weighted by atomic mass is 16.5. The first kappa shape index (κ1) is 21.6. The summed E-state index contributed by atoms with van der Waals surface area (Å²) in [4.78, 5) is 28.5. The van der Waals surface area contributed by atoms with Crippen molar-refractivity contribution < 1.29 is 19.1 Å². The summed E-state index contributed by atoms with van der Waals surface area (Å²) in [5.41, 5.74) is 2.00. The van der Waals surface area contributed by atoms with E-state index >= 15 is 0 Å². The molecule has 0 aliphatic carbocycles. The molecule has 2 aliphatic heterocycles. The number of piperidine rings is 1. The average molecular weight is 404 g/mol. The van der Waals surface area contributed by atoms with Crippen molar-refractivity contribution in [2.45, 2.75) is 25.7 Å². The number of rotatable bonds is 7. The number of urea groups is 1. The van der Waals surface area contributed by atoms with E-state index < -0.39 is 0 Å². The maximum Gasteiger partial charge on any atom is 0.317 e. The zero-order valence-corrected chi connectivity index (χ0v) is 17.4. The Morgan fingerprint density at radius 2 is 1.76 bits per heavy atom. The van der Waals surface area contributed by atoms with Gasteiger partial charge in [-0.25, -0.2) is 4.79 Å². The standard InChI is InChI=1S/C22H33N3O4/c1-28-14-2-9-23-22(27)25-10-7-19(8-11-25)17-18-3-5-20(6-4-18)21(26)24-12-15-29-16-13-24/h3-6,19H,2,7-17H2,1H3,(H,23,27). The van der Waals surface area contributed by atoms with Gasteiger partial charge < -0.3 is 24.6 Å². The molecule has 3 rings (SSSR count). The minimum absolute atomic E-state index is 0.0329. The first-order valence-electron chi connectivity index (χ1n) is 10.6. The Labute approximate surface area is 173 Å². The number of benzene rings is 1. The maximum absolute atomic E-state index is 12.5. The topological polar surface area (TPSA) is 71.1 Å². The molecule has 1 N–H and O–H groups in total. The largest absolute Gasteiger partial charge is 0.385 e. The van der Waals surface area contributed by atoms with Gasteiger partial charge in [-0.1, -0.05) is 12.1 Å². The highest BCUT2D eigenvalue weighted by molar-refractivity contribution is 5.94. The SMILES string of the molecule is COCCCNC(=O)N1CCC(Cc2ccc(C(=O)N3CCOCC3)cc2)CC1. The Morgan fingerprint density at radius 1 is 1.07 bits per heavy atom. The second-order valence-electron chi connectivity index (χ2n) is 7.81. The van der Waals surface area contributed by atoms with Crippen LogP contribution in [0.1, 0.15) is 35.2 Å². The highest BCUT2D eigenvalue weighted by Gasteiger charge is 2.23. The third-order valence-electron chi connectivity index (χ3n) is 5.73. The van der Waals surface area contributed by atoms with Crippen LogP contribution in [0.4, 0.5) is 4.79 Å². The molecule has 7 heteroatoms. The smallest absolute Gasteiger partial charge is 0.317 e. The first-order valence-corrected chi connectivity index (χ1v) is 10.6. The average Bonchev–Trinajstić information content (AvgIpc) is 2.78. The molecule has 2 fully saturated rings. The monoisotopic (exact) mass is 403 g/mol. The summed E-state index contributed by atoms with van der Waals surface area (Å²) in [6.07, 6.45) is 3.86. The van der Waals surface area contributed by atoms with E-state index in [-0.39, 0.29) is 11.9 Å². The van der Waals surface area contributed by atoms with Gasteiger partial charge in [0.05, 0.1) is 13.2 Å². The Balaban J connectivity index is 1.41. The number of methoxy groups -OCH3 is 1. The van der Waals surface area contributed by atoms with Gasteiger partial charge in [-0.3, -0.25) is 4.79 Å². The number of carbonyl (C=O) groups is 2. The summed E-state index contributed by atoms with van der Waals surface area (Å²) in [6.45, 7) is 5.49. The van der Waals surface area contributed by atoms with Crippen LogP contribution in [0.3, 0.4) is 0 Å². The van der Waals surface area contributed by atoms with E-state index in [1.165, 1.54) is 5.56 Å². The molecule has 0 unspecified atom stereocenters.